The number of piperidine rings is 1. The average Bonchev–Trinajstić information content (AvgIpc) is 2.82. The van der Waals surface area contributed by atoms with Crippen molar-refractivity contribution in [3.05, 3.63) is 54.1 Å². The maximum absolute atomic E-state index is 13.1. The van der Waals surface area contributed by atoms with Crippen molar-refractivity contribution in [3.8, 4) is 0 Å². The third-order valence-electron chi connectivity index (χ3n) is 6.68. The molecule has 2 aromatic rings. The number of hydrogen-bond acceptors (Lipinski definition) is 5. The van der Waals surface area contributed by atoms with Gasteiger partial charge >= 0.3 is 0 Å². The van der Waals surface area contributed by atoms with Gasteiger partial charge in [0.15, 0.2) is 0 Å². The molecule has 1 N–H and O–H groups in total. The van der Waals surface area contributed by atoms with E-state index in [4.69, 9.17) is 0 Å². The Labute approximate surface area is 203 Å². The van der Waals surface area contributed by atoms with Crippen molar-refractivity contribution in [3.63, 3.8) is 0 Å². The maximum Gasteiger partial charge on any atom is 0.257 e. The fourth-order valence-electron chi connectivity index (χ4n) is 4.20. The second-order valence-corrected chi connectivity index (χ2v) is 12.8. The van der Waals surface area contributed by atoms with Gasteiger partial charge in [0.05, 0.1) is 22.4 Å². The predicted octanol–water partition coefficient (Wildman–Crippen LogP) is 3.78. The molecule has 0 aliphatic carbocycles. The summed E-state index contributed by atoms with van der Waals surface area (Å²) in [5.74, 6) is 0.655. The van der Waals surface area contributed by atoms with Crippen molar-refractivity contribution in [1.29, 1.82) is 0 Å². The SMILES string of the molecule is CCC(C)C1CCN(S(=O)(=O)c2ccc(NC(=O)c3ccccc3N(C)S(C)(=O)=O)cc2)CC1. The van der Waals surface area contributed by atoms with Crippen molar-refractivity contribution in [2.45, 2.75) is 38.0 Å². The van der Waals surface area contributed by atoms with E-state index in [1.807, 2.05) is 0 Å². The Morgan fingerprint density at radius 2 is 1.65 bits per heavy atom. The predicted molar refractivity (Wildman–Crippen MR) is 135 cm³/mol. The second-order valence-electron chi connectivity index (χ2n) is 8.85. The molecule has 0 radical (unpaired) electrons. The molecule has 1 amide bonds. The summed E-state index contributed by atoms with van der Waals surface area (Å²) in [4.78, 5) is 13.0. The van der Waals surface area contributed by atoms with Crippen LogP contribution in [0.3, 0.4) is 0 Å². The summed E-state index contributed by atoms with van der Waals surface area (Å²) in [6.45, 7) is 5.41. The van der Waals surface area contributed by atoms with Crippen LogP contribution in [-0.4, -0.2) is 53.4 Å². The Kier molecular flexibility index (Phi) is 8.05. The number of nitrogens with one attached hydrogen (secondary N) is 1. The number of carbonyl (C=O) groups excluding carboxylic acids is 1. The number of sulfonamides is 2. The van der Waals surface area contributed by atoms with Gasteiger partial charge in [-0.1, -0.05) is 32.4 Å². The van der Waals surface area contributed by atoms with Gasteiger partial charge in [-0.15, -0.1) is 0 Å². The summed E-state index contributed by atoms with van der Waals surface area (Å²) in [5.41, 5.74) is 0.857. The van der Waals surface area contributed by atoms with Gasteiger partial charge in [-0.05, 0) is 61.1 Å². The zero-order valence-electron chi connectivity index (χ0n) is 20.1. The Hall–Kier alpha value is -2.43. The number of para-hydroxylation sites is 1. The van der Waals surface area contributed by atoms with Gasteiger partial charge in [0, 0.05) is 25.8 Å². The van der Waals surface area contributed by atoms with Gasteiger partial charge in [-0.2, -0.15) is 4.31 Å². The second kappa shape index (κ2) is 10.5. The largest absolute Gasteiger partial charge is 0.322 e. The number of amides is 1. The van der Waals surface area contributed by atoms with Crippen LogP contribution in [0.1, 0.15) is 43.5 Å². The fraction of sp³-hybridized carbons (Fsp3) is 0.458. The third-order valence-corrected chi connectivity index (χ3v) is 9.79. The highest BCUT2D eigenvalue weighted by molar-refractivity contribution is 7.92. The highest BCUT2D eigenvalue weighted by atomic mass is 32.2. The van der Waals surface area contributed by atoms with Crippen molar-refractivity contribution < 1.29 is 21.6 Å². The van der Waals surface area contributed by atoms with Crippen LogP contribution >= 0.6 is 0 Å². The molecule has 1 aliphatic heterocycles. The number of carbonyl (C=O) groups is 1. The molecular formula is C24H33N3O5S2. The molecule has 1 fully saturated rings. The number of hydrogen-bond donors (Lipinski definition) is 1. The van der Waals surface area contributed by atoms with E-state index in [-0.39, 0.29) is 16.1 Å². The number of nitrogens with zero attached hydrogens (tertiary/aromatic N) is 2. The molecule has 1 heterocycles. The first kappa shape index (κ1) is 26.2. The Morgan fingerprint density at radius 1 is 1.06 bits per heavy atom. The molecule has 34 heavy (non-hydrogen) atoms. The third kappa shape index (κ3) is 5.79. The van der Waals surface area contributed by atoms with E-state index in [0.717, 1.165) is 29.8 Å². The van der Waals surface area contributed by atoms with E-state index in [2.05, 4.69) is 19.2 Å². The lowest BCUT2D eigenvalue weighted by molar-refractivity contribution is 0.102. The molecule has 2 aromatic carbocycles. The van der Waals surface area contributed by atoms with E-state index in [1.54, 1.807) is 30.3 Å². The standard InChI is InChI=1S/C24H33N3O5S2/c1-5-18(2)19-14-16-27(17-15-19)34(31,32)21-12-10-20(11-13-21)25-24(28)22-8-6-7-9-23(22)26(3)33(4,29)30/h6-13,18-19H,5,14-17H2,1-4H3,(H,25,28). The first-order valence-corrected chi connectivity index (χ1v) is 14.7. The molecule has 0 spiro atoms. The van der Waals surface area contributed by atoms with E-state index < -0.39 is 26.0 Å². The molecule has 0 aromatic heterocycles. The van der Waals surface area contributed by atoms with Crippen LogP contribution in [0.25, 0.3) is 0 Å². The number of anilines is 2. The lowest BCUT2D eigenvalue weighted by Gasteiger charge is -2.34. The van der Waals surface area contributed by atoms with E-state index in [9.17, 15) is 21.6 Å². The summed E-state index contributed by atoms with van der Waals surface area (Å²) in [5, 5.41) is 2.72. The van der Waals surface area contributed by atoms with Crippen LogP contribution in [0.5, 0.6) is 0 Å². The topological polar surface area (TPSA) is 104 Å². The normalized spacial score (nSPS) is 16.7. The van der Waals surface area contributed by atoms with Crippen molar-refractivity contribution in [2.75, 3.05) is 36.0 Å². The molecule has 1 atom stereocenters. The van der Waals surface area contributed by atoms with Gasteiger partial charge in [0.2, 0.25) is 20.0 Å². The smallest absolute Gasteiger partial charge is 0.257 e. The van der Waals surface area contributed by atoms with Crippen molar-refractivity contribution in [1.82, 2.24) is 4.31 Å². The molecule has 0 bridgehead atoms. The lowest BCUT2D eigenvalue weighted by atomic mass is 9.85. The van der Waals surface area contributed by atoms with Crippen LogP contribution in [0, 0.1) is 11.8 Å². The first-order chi connectivity index (χ1) is 15.9. The van der Waals surface area contributed by atoms with Crippen LogP contribution in [0.4, 0.5) is 11.4 Å². The zero-order valence-corrected chi connectivity index (χ0v) is 21.7. The Morgan fingerprint density at radius 3 is 2.21 bits per heavy atom. The summed E-state index contributed by atoms with van der Waals surface area (Å²) >= 11 is 0. The fourth-order valence-corrected chi connectivity index (χ4v) is 6.18. The van der Waals surface area contributed by atoms with Crippen LogP contribution in [0.15, 0.2) is 53.4 Å². The van der Waals surface area contributed by atoms with E-state index in [0.29, 0.717) is 30.6 Å². The van der Waals surface area contributed by atoms with Gasteiger partial charge in [0.1, 0.15) is 0 Å². The molecule has 1 saturated heterocycles. The molecule has 0 saturated carbocycles. The van der Waals surface area contributed by atoms with Crippen molar-refractivity contribution in [2.24, 2.45) is 11.8 Å². The monoisotopic (exact) mass is 507 g/mol. The van der Waals surface area contributed by atoms with E-state index >= 15 is 0 Å². The molecular weight excluding hydrogens is 474 g/mol. The quantitative estimate of drug-likeness (QED) is 0.586. The maximum atomic E-state index is 13.1. The minimum Gasteiger partial charge on any atom is -0.322 e. The molecule has 1 aliphatic rings. The van der Waals surface area contributed by atoms with Crippen LogP contribution < -0.4 is 9.62 Å². The molecule has 3 rings (SSSR count). The van der Waals surface area contributed by atoms with Gasteiger partial charge in [-0.3, -0.25) is 9.10 Å². The number of benzene rings is 2. The lowest BCUT2D eigenvalue weighted by Crippen LogP contribution is -2.39. The van der Waals surface area contributed by atoms with Gasteiger partial charge < -0.3 is 5.32 Å². The zero-order chi connectivity index (χ0) is 25.1. The highest BCUT2D eigenvalue weighted by Crippen LogP contribution is 2.30. The van der Waals surface area contributed by atoms with Crippen LogP contribution in [-0.2, 0) is 20.0 Å². The Balaban J connectivity index is 1.72. The molecule has 8 nitrogen and oxygen atoms in total. The molecule has 10 heteroatoms. The number of rotatable bonds is 8. The first-order valence-electron chi connectivity index (χ1n) is 11.4. The highest BCUT2D eigenvalue weighted by Gasteiger charge is 2.31. The van der Waals surface area contributed by atoms with Gasteiger partial charge in [0.25, 0.3) is 5.91 Å². The average molecular weight is 508 g/mol. The molecule has 186 valence electrons. The summed E-state index contributed by atoms with van der Waals surface area (Å²) in [6.07, 6.45) is 3.89. The van der Waals surface area contributed by atoms with Crippen LogP contribution in [0.2, 0.25) is 0 Å². The van der Waals surface area contributed by atoms with E-state index in [1.165, 1.54) is 29.6 Å². The minimum absolute atomic E-state index is 0.185. The Bertz CT molecular complexity index is 1220. The van der Waals surface area contributed by atoms with Gasteiger partial charge in [-0.25, -0.2) is 16.8 Å². The summed E-state index contributed by atoms with van der Waals surface area (Å²) in [6, 6.07) is 12.4. The minimum atomic E-state index is -3.60. The van der Waals surface area contributed by atoms with Crippen molar-refractivity contribution >= 4 is 37.3 Å². The summed E-state index contributed by atoms with van der Waals surface area (Å²) in [7, 11) is -5.77. The molecule has 1 unspecified atom stereocenters. The summed E-state index contributed by atoms with van der Waals surface area (Å²) < 4.78 is 52.6.